The summed E-state index contributed by atoms with van der Waals surface area (Å²) >= 11 is 5.73. The van der Waals surface area contributed by atoms with E-state index >= 15 is 0 Å². The topological polar surface area (TPSA) is 54.4 Å². The highest BCUT2D eigenvalue weighted by molar-refractivity contribution is 6.30. The molecule has 18 heavy (non-hydrogen) atoms. The molecule has 1 N–H and O–H groups in total. The van der Waals surface area contributed by atoms with Crippen LogP contribution in [0.5, 0.6) is 0 Å². The van der Waals surface area contributed by atoms with Crippen LogP contribution in [0.4, 0.5) is 0 Å². The summed E-state index contributed by atoms with van der Waals surface area (Å²) in [6.45, 7) is 0. The van der Waals surface area contributed by atoms with Crippen LogP contribution in [0.15, 0.2) is 53.9 Å². The second kappa shape index (κ2) is 5.93. The van der Waals surface area contributed by atoms with E-state index in [4.69, 9.17) is 11.6 Å². The SMILES string of the molecule is O=C(N/N=C\c1ccncc1)c1ccc(Cl)cc1. The molecule has 5 heteroatoms. The summed E-state index contributed by atoms with van der Waals surface area (Å²) in [4.78, 5) is 15.5. The van der Waals surface area contributed by atoms with Gasteiger partial charge < -0.3 is 0 Å². The lowest BCUT2D eigenvalue weighted by atomic mass is 10.2. The van der Waals surface area contributed by atoms with Crippen molar-refractivity contribution in [2.24, 2.45) is 5.10 Å². The molecule has 0 saturated heterocycles. The van der Waals surface area contributed by atoms with Crippen molar-refractivity contribution in [3.63, 3.8) is 0 Å². The molecule has 0 spiro atoms. The molecule has 0 aliphatic rings. The number of hydrazone groups is 1. The first-order valence-corrected chi connectivity index (χ1v) is 5.62. The number of hydrogen-bond donors (Lipinski definition) is 1. The van der Waals surface area contributed by atoms with E-state index in [1.807, 2.05) is 0 Å². The van der Waals surface area contributed by atoms with Crippen LogP contribution in [-0.2, 0) is 0 Å². The summed E-state index contributed by atoms with van der Waals surface area (Å²) in [5.41, 5.74) is 3.80. The van der Waals surface area contributed by atoms with Gasteiger partial charge in [-0.25, -0.2) is 5.43 Å². The average molecular weight is 260 g/mol. The maximum absolute atomic E-state index is 11.7. The Kier molecular flexibility index (Phi) is 4.04. The highest BCUT2D eigenvalue weighted by atomic mass is 35.5. The molecule has 1 amide bonds. The van der Waals surface area contributed by atoms with Crippen molar-refractivity contribution in [2.45, 2.75) is 0 Å². The number of nitrogens with one attached hydrogen (secondary N) is 1. The third-order valence-corrected chi connectivity index (χ3v) is 2.44. The fourth-order valence-corrected chi connectivity index (χ4v) is 1.41. The van der Waals surface area contributed by atoms with Crippen molar-refractivity contribution in [3.05, 3.63) is 64.9 Å². The van der Waals surface area contributed by atoms with Crippen molar-refractivity contribution >= 4 is 23.7 Å². The Hall–Kier alpha value is -2.20. The quantitative estimate of drug-likeness (QED) is 0.680. The number of nitrogens with zero attached hydrogens (tertiary/aromatic N) is 2. The minimum atomic E-state index is -0.281. The van der Waals surface area contributed by atoms with Crippen LogP contribution in [0.3, 0.4) is 0 Å². The van der Waals surface area contributed by atoms with Crippen LogP contribution in [-0.4, -0.2) is 17.1 Å². The highest BCUT2D eigenvalue weighted by Crippen LogP contribution is 2.09. The van der Waals surface area contributed by atoms with Gasteiger partial charge in [0.15, 0.2) is 0 Å². The van der Waals surface area contributed by atoms with Crippen LogP contribution in [0.1, 0.15) is 15.9 Å². The molecule has 0 radical (unpaired) electrons. The van der Waals surface area contributed by atoms with Crippen molar-refractivity contribution in [1.82, 2.24) is 10.4 Å². The smallest absolute Gasteiger partial charge is 0.267 e. The fourth-order valence-electron chi connectivity index (χ4n) is 1.28. The second-order valence-corrected chi connectivity index (χ2v) is 3.92. The van der Waals surface area contributed by atoms with Gasteiger partial charge in [-0.2, -0.15) is 5.10 Å². The Labute approximate surface area is 109 Å². The lowest BCUT2D eigenvalue weighted by Crippen LogP contribution is -2.17. The Morgan fingerprint density at radius 3 is 2.50 bits per heavy atom. The summed E-state index contributed by atoms with van der Waals surface area (Å²) < 4.78 is 0. The van der Waals surface area contributed by atoms with E-state index in [0.29, 0.717) is 10.6 Å². The van der Waals surface area contributed by atoms with Gasteiger partial charge in [0.25, 0.3) is 5.91 Å². The zero-order valence-corrected chi connectivity index (χ0v) is 10.1. The van der Waals surface area contributed by atoms with Gasteiger partial charge in [-0.15, -0.1) is 0 Å². The zero-order chi connectivity index (χ0) is 12.8. The number of rotatable bonds is 3. The molecule has 2 rings (SSSR count). The van der Waals surface area contributed by atoms with Crippen LogP contribution in [0.2, 0.25) is 5.02 Å². The van der Waals surface area contributed by atoms with Crippen molar-refractivity contribution in [3.8, 4) is 0 Å². The maximum Gasteiger partial charge on any atom is 0.271 e. The van der Waals surface area contributed by atoms with E-state index in [2.05, 4.69) is 15.5 Å². The van der Waals surface area contributed by atoms with Crippen LogP contribution >= 0.6 is 11.6 Å². The monoisotopic (exact) mass is 259 g/mol. The number of amides is 1. The third-order valence-electron chi connectivity index (χ3n) is 2.19. The standard InChI is InChI=1S/C13H10ClN3O/c14-12-3-1-11(2-4-12)13(18)17-16-9-10-5-7-15-8-6-10/h1-9H,(H,17,18)/b16-9-. The van der Waals surface area contributed by atoms with Crippen LogP contribution in [0.25, 0.3) is 0 Å². The van der Waals surface area contributed by atoms with Crippen molar-refractivity contribution in [2.75, 3.05) is 0 Å². The highest BCUT2D eigenvalue weighted by Gasteiger charge is 2.02. The van der Waals surface area contributed by atoms with Gasteiger partial charge >= 0.3 is 0 Å². The maximum atomic E-state index is 11.7. The van der Waals surface area contributed by atoms with E-state index in [1.165, 1.54) is 0 Å². The minimum Gasteiger partial charge on any atom is -0.267 e. The number of aromatic nitrogens is 1. The number of carbonyl (C=O) groups excluding carboxylic acids is 1. The van der Waals surface area contributed by atoms with E-state index in [0.717, 1.165) is 5.56 Å². The average Bonchev–Trinajstić information content (AvgIpc) is 2.40. The molecule has 4 nitrogen and oxygen atoms in total. The molecule has 0 saturated carbocycles. The van der Waals surface area contributed by atoms with E-state index in [-0.39, 0.29) is 5.91 Å². The molecule has 0 fully saturated rings. The van der Waals surface area contributed by atoms with Gasteiger partial charge in [0, 0.05) is 23.0 Å². The summed E-state index contributed by atoms with van der Waals surface area (Å²) in [6, 6.07) is 10.2. The van der Waals surface area contributed by atoms with Crippen molar-refractivity contribution < 1.29 is 4.79 Å². The summed E-state index contributed by atoms with van der Waals surface area (Å²) in [5, 5.41) is 4.44. The van der Waals surface area contributed by atoms with Crippen LogP contribution in [0, 0.1) is 0 Å². The molecule has 0 bridgehead atoms. The molecular formula is C13H10ClN3O. The summed E-state index contributed by atoms with van der Waals surface area (Å²) in [5.74, 6) is -0.281. The normalized spacial score (nSPS) is 10.5. The Balaban J connectivity index is 1.96. The molecular weight excluding hydrogens is 250 g/mol. The lowest BCUT2D eigenvalue weighted by Gasteiger charge is -1.99. The zero-order valence-electron chi connectivity index (χ0n) is 9.38. The number of hydrogen-bond acceptors (Lipinski definition) is 3. The molecule has 0 aliphatic heterocycles. The Morgan fingerprint density at radius 1 is 1.17 bits per heavy atom. The van der Waals surface area contributed by atoms with Gasteiger partial charge in [0.1, 0.15) is 0 Å². The van der Waals surface area contributed by atoms with Crippen LogP contribution < -0.4 is 5.43 Å². The molecule has 0 unspecified atom stereocenters. The lowest BCUT2D eigenvalue weighted by molar-refractivity contribution is 0.0955. The van der Waals surface area contributed by atoms with Gasteiger partial charge in [0.05, 0.1) is 6.21 Å². The molecule has 0 atom stereocenters. The predicted molar refractivity (Wildman–Crippen MR) is 70.7 cm³/mol. The minimum absolute atomic E-state index is 0.281. The van der Waals surface area contributed by atoms with Gasteiger partial charge in [-0.05, 0) is 42.0 Å². The Bertz CT molecular complexity index is 552. The molecule has 0 aliphatic carbocycles. The first-order valence-electron chi connectivity index (χ1n) is 5.25. The van der Waals surface area contributed by atoms with Gasteiger partial charge in [-0.1, -0.05) is 11.6 Å². The van der Waals surface area contributed by atoms with Gasteiger partial charge in [-0.3, -0.25) is 9.78 Å². The Morgan fingerprint density at radius 2 is 1.83 bits per heavy atom. The second-order valence-electron chi connectivity index (χ2n) is 3.49. The van der Waals surface area contributed by atoms with E-state index in [9.17, 15) is 4.79 Å². The van der Waals surface area contributed by atoms with E-state index < -0.39 is 0 Å². The number of carbonyl (C=O) groups is 1. The first-order chi connectivity index (χ1) is 8.75. The van der Waals surface area contributed by atoms with Gasteiger partial charge in [0.2, 0.25) is 0 Å². The first kappa shape index (κ1) is 12.3. The van der Waals surface area contributed by atoms with E-state index in [1.54, 1.807) is 55.0 Å². The number of pyridine rings is 1. The fraction of sp³-hybridized carbons (Fsp3) is 0. The molecule has 2 aromatic rings. The summed E-state index contributed by atoms with van der Waals surface area (Å²) in [6.07, 6.45) is 4.86. The summed E-state index contributed by atoms with van der Waals surface area (Å²) in [7, 11) is 0. The molecule has 1 heterocycles. The third kappa shape index (κ3) is 3.40. The predicted octanol–water partition coefficient (Wildman–Crippen LogP) is 2.50. The van der Waals surface area contributed by atoms with Crippen molar-refractivity contribution in [1.29, 1.82) is 0 Å². The number of halogens is 1. The largest absolute Gasteiger partial charge is 0.271 e. The molecule has 90 valence electrons. The molecule has 1 aromatic heterocycles. The molecule has 1 aromatic carbocycles. The number of benzene rings is 1.